The molecule has 0 heterocycles. The third-order valence-corrected chi connectivity index (χ3v) is 9.98. The first-order valence-corrected chi connectivity index (χ1v) is 19.6. The molecule has 0 radical (unpaired) electrons. The Bertz CT molecular complexity index is 1670. The molecule has 4 rings (SSSR count). The second kappa shape index (κ2) is 21.6. The minimum absolute atomic E-state index is 0.0744. The van der Waals surface area contributed by atoms with Gasteiger partial charge in [0.25, 0.3) is 20.2 Å². The average molecular weight is 759 g/mol. The van der Waals surface area contributed by atoms with Gasteiger partial charge < -0.3 is 28.4 Å². The van der Waals surface area contributed by atoms with Gasteiger partial charge in [0.2, 0.25) is 0 Å². The van der Waals surface area contributed by atoms with Crippen LogP contribution in [-0.2, 0) is 47.5 Å². The van der Waals surface area contributed by atoms with Crippen molar-refractivity contribution in [1.29, 1.82) is 0 Å². The van der Waals surface area contributed by atoms with Crippen LogP contribution in [-0.4, -0.2) is 96.1 Å². The molecule has 0 spiro atoms. The van der Waals surface area contributed by atoms with Crippen LogP contribution in [0.1, 0.15) is 11.1 Å². The first-order chi connectivity index (χ1) is 25.1. The largest absolute Gasteiger partial charge is 0.491 e. The fourth-order valence-electron chi connectivity index (χ4n) is 4.52. The van der Waals surface area contributed by atoms with E-state index in [1.807, 2.05) is 62.4 Å². The second-order valence-corrected chi connectivity index (χ2v) is 14.6. The number of hydrogen-bond acceptors (Lipinski definition) is 12. The Balaban J connectivity index is 0.980. The predicted molar refractivity (Wildman–Crippen MR) is 195 cm³/mol. The summed E-state index contributed by atoms with van der Waals surface area (Å²) in [4.78, 5) is 0.239. The van der Waals surface area contributed by atoms with E-state index in [2.05, 4.69) is 0 Å². The molecule has 0 saturated carbocycles. The van der Waals surface area contributed by atoms with Crippen LogP contribution >= 0.6 is 0 Å². The van der Waals surface area contributed by atoms with Gasteiger partial charge in [-0.1, -0.05) is 59.7 Å². The van der Waals surface area contributed by atoms with Crippen LogP contribution in [0.15, 0.2) is 107 Å². The van der Waals surface area contributed by atoms with Crippen LogP contribution in [0.4, 0.5) is 0 Å². The number of hydrogen-bond donors (Lipinski definition) is 0. The first-order valence-electron chi connectivity index (χ1n) is 16.8. The van der Waals surface area contributed by atoms with Crippen molar-refractivity contribution in [3.8, 4) is 22.6 Å². The molecule has 0 atom stereocenters. The van der Waals surface area contributed by atoms with Crippen LogP contribution in [0.5, 0.6) is 11.5 Å². The van der Waals surface area contributed by atoms with E-state index in [-0.39, 0.29) is 36.2 Å². The van der Waals surface area contributed by atoms with Crippen LogP contribution in [0.25, 0.3) is 11.1 Å². The first kappa shape index (κ1) is 40.9. The highest BCUT2D eigenvalue weighted by molar-refractivity contribution is 7.87. The molecule has 0 saturated heterocycles. The van der Waals surface area contributed by atoms with Gasteiger partial charge in [-0.15, -0.1) is 0 Å². The summed E-state index contributed by atoms with van der Waals surface area (Å²) in [5, 5.41) is 0. The minimum atomic E-state index is -3.80. The van der Waals surface area contributed by atoms with Crippen molar-refractivity contribution in [3.63, 3.8) is 0 Å². The highest BCUT2D eigenvalue weighted by Gasteiger charge is 2.15. The SMILES string of the molecule is Cc1ccc(S(=O)(=O)OCCOCCOCCOc2ccc(-c3ccc(OCCOCCOCCOS(=O)(=O)c4ccc(C)cc4)cc3)cc2)cc1. The normalized spacial score (nSPS) is 11.8. The van der Waals surface area contributed by atoms with E-state index in [4.69, 9.17) is 36.8 Å². The van der Waals surface area contributed by atoms with Crippen molar-refractivity contribution in [1.82, 2.24) is 0 Å². The maximum atomic E-state index is 12.2. The summed E-state index contributed by atoms with van der Waals surface area (Å²) in [5.74, 6) is 1.44. The van der Waals surface area contributed by atoms with Crippen molar-refractivity contribution in [2.45, 2.75) is 23.6 Å². The quantitative estimate of drug-likeness (QED) is 0.0613. The fraction of sp³-hybridized carbons (Fsp3) is 0.368. The summed E-state index contributed by atoms with van der Waals surface area (Å²) in [6.07, 6.45) is 0. The van der Waals surface area contributed by atoms with Gasteiger partial charge in [-0.3, -0.25) is 8.37 Å². The zero-order valence-electron chi connectivity index (χ0n) is 29.4. The van der Waals surface area contributed by atoms with Gasteiger partial charge in [-0.25, -0.2) is 0 Å². The molecular formula is C38H46O12S2. The lowest BCUT2D eigenvalue weighted by Crippen LogP contribution is -2.14. The molecule has 0 aliphatic heterocycles. The van der Waals surface area contributed by atoms with Crippen molar-refractivity contribution < 1.29 is 53.6 Å². The lowest BCUT2D eigenvalue weighted by molar-refractivity contribution is 0.0279. The molecule has 4 aromatic carbocycles. The zero-order valence-corrected chi connectivity index (χ0v) is 31.1. The molecule has 12 nitrogen and oxygen atoms in total. The molecule has 0 bridgehead atoms. The molecule has 0 aliphatic carbocycles. The molecule has 0 N–H and O–H groups in total. The average Bonchev–Trinajstić information content (AvgIpc) is 3.14. The third-order valence-electron chi connectivity index (χ3n) is 7.33. The zero-order chi connectivity index (χ0) is 37.1. The van der Waals surface area contributed by atoms with Gasteiger partial charge >= 0.3 is 0 Å². The van der Waals surface area contributed by atoms with Gasteiger partial charge in [0.15, 0.2) is 0 Å². The van der Waals surface area contributed by atoms with E-state index in [0.29, 0.717) is 52.9 Å². The van der Waals surface area contributed by atoms with E-state index in [1.165, 1.54) is 24.3 Å². The standard InChI is InChI=1S/C38H46O12S2/c1-31-3-15-37(16-4-31)51(39,40)49-29-25-45-21-19-43-23-27-47-35-11-7-33(8-12-35)34-9-13-36(14-10-34)48-28-24-44-20-22-46-26-30-50-52(41,42)38-17-5-32(2)6-18-38/h3-18H,19-30H2,1-2H3. The molecule has 14 heteroatoms. The number of aryl methyl sites for hydroxylation is 2. The summed E-state index contributed by atoms with van der Waals surface area (Å²) in [6.45, 7) is 6.68. The van der Waals surface area contributed by atoms with E-state index in [0.717, 1.165) is 33.8 Å². The smallest absolute Gasteiger partial charge is 0.297 e. The van der Waals surface area contributed by atoms with Gasteiger partial charge in [-0.05, 0) is 73.5 Å². The summed E-state index contributed by atoms with van der Waals surface area (Å²) in [7, 11) is -7.59. The molecule has 4 aromatic rings. The van der Waals surface area contributed by atoms with E-state index in [1.54, 1.807) is 24.3 Å². The summed E-state index contributed by atoms with van der Waals surface area (Å²) in [6, 6.07) is 28.4. The Morgan fingerprint density at radius 2 is 0.654 bits per heavy atom. The minimum Gasteiger partial charge on any atom is -0.491 e. The van der Waals surface area contributed by atoms with E-state index in [9.17, 15) is 16.8 Å². The highest BCUT2D eigenvalue weighted by atomic mass is 32.2. The van der Waals surface area contributed by atoms with Gasteiger partial charge in [-0.2, -0.15) is 16.8 Å². The Hall–Kier alpha value is -3.86. The topological polar surface area (TPSA) is 142 Å². The number of benzene rings is 4. The van der Waals surface area contributed by atoms with Crippen molar-refractivity contribution >= 4 is 20.2 Å². The number of ether oxygens (including phenoxy) is 6. The van der Waals surface area contributed by atoms with Crippen LogP contribution in [0.2, 0.25) is 0 Å². The predicted octanol–water partition coefficient (Wildman–Crippen LogP) is 5.61. The maximum absolute atomic E-state index is 12.2. The molecule has 282 valence electrons. The molecule has 0 unspecified atom stereocenters. The van der Waals surface area contributed by atoms with Gasteiger partial charge in [0.1, 0.15) is 24.7 Å². The Morgan fingerprint density at radius 1 is 0.365 bits per heavy atom. The molecule has 0 aromatic heterocycles. The van der Waals surface area contributed by atoms with Crippen molar-refractivity contribution in [2.24, 2.45) is 0 Å². The van der Waals surface area contributed by atoms with Crippen molar-refractivity contribution in [3.05, 3.63) is 108 Å². The Kier molecular flexibility index (Phi) is 17.0. The third kappa shape index (κ3) is 14.6. The molecule has 0 fully saturated rings. The number of rotatable bonds is 25. The van der Waals surface area contributed by atoms with Crippen LogP contribution in [0, 0.1) is 13.8 Å². The van der Waals surface area contributed by atoms with Gasteiger partial charge in [0, 0.05) is 0 Å². The Labute approximate surface area is 306 Å². The fourth-order valence-corrected chi connectivity index (χ4v) is 6.31. The van der Waals surface area contributed by atoms with Gasteiger partial charge in [0.05, 0.1) is 75.9 Å². The monoisotopic (exact) mass is 758 g/mol. The molecular weight excluding hydrogens is 713 g/mol. The van der Waals surface area contributed by atoms with Crippen LogP contribution in [0.3, 0.4) is 0 Å². The lowest BCUT2D eigenvalue weighted by Gasteiger charge is -2.10. The summed E-state index contributed by atoms with van der Waals surface area (Å²) >= 11 is 0. The molecule has 0 amide bonds. The lowest BCUT2D eigenvalue weighted by atomic mass is 10.1. The molecule has 0 aliphatic rings. The van der Waals surface area contributed by atoms with Crippen LogP contribution < -0.4 is 9.47 Å². The summed E-state index contributed by atoms with van der Waals surface area (Å²) in [5.41, 5.74) is 4.00. The van der Waals surface area contributed by atoms with Crippen molar-refractivity contribution in [2.75, 3.05) is 79.3 Å². The van der Waals surface area contributed by atoms with E-state index >= 15 is 0 Å². The second-order valence-electron chi connectivity index (χ2n) is 11.4. The van der Waals surface area contributed by atoms with E-state index < -0.39 is 20.2 Å². The maximum Gasteiger partial charge on any atom is 0.297 e. The Morgan fingerprint density at radius 3 is 0.981 bits per heavy atom. The summed E-state index contributed by atoms with van der Waals surface area (Å²) < 4.78 is 92.0. The molecule has 52 heavy (non-hydrogen) atoms. The highest BCUT2D eigenvalue weighted by Crippen LogP contribution is 2.25.